The molecule has 0 bridgehead atoms. The van der Waals surface area contributed by atoms with Crippen LogP contribution in [0.15, 0.2) is 229 Å². The lowest BCUT2D eigenvalue weighted by Gasteiger charge is -2.26. The summed E-state index contributed by atoms with van der Waals surface area (Å²) in [5.74, 6) is 0. The van der Waals surface area contributed by atoms with E-state index in [4.69, 9.17) is 4.42 Å². The van der Waals surface area contributed by atoms with E-state index < -0.39 is 0 Å². The molecule has 0 spiro atoms. The lowest BCUT2D eigenvalue weighted by Crippen LogP contribution is -2.10. The van der Waals surface area contributed by atoms with E-state index in [-0.39, 0.29) is 0 Å². The molecular formula is C60H37N3O. The molecule has 3 aromatic heterocycles. The first-order valence-corrected chi connectivity index (χ1v) is 21.9. The van der Waals surface area contributed by atoms with Crippen LogP contribution in [0.2, 0.25) is 0 Å². The molecule has 0 N–H and O–H groups in total. The van der Waals surface area contributed by atoms with Gasteiger partial charge in [0.15, 0.2) is 5.58 Å². The van der Waals surface area contributed by atoms with Crippen molar-refractivity contribution in [2.24, 2.45) is 0 Å². The first-order chi connectivity index (χ1) is 31.8. The Labute approximate surface area is 367 Å². The molecule has 0 atom stereocenters. The van der Waals surface area contributed by atoms with E-state index in [1.165, 1.54) is 64.9 Å². The number of rotatable bonds is 5. The highest BCUT2D eigenvalue weighted by Crippen LogP contribution is 2.46. The molecule has 0 aliphatic heterocycles. The van der Waals surface area contributed by atoms with Gasteiger partial charge in [-0.3, -0.25) is 0 Å². The number of fused-ring (bicyclic) bond motifs is 15. The van der Waals surface area contributed by atoms with Crippen molar-refractivity contribution in [1.29, 1.82) is 0 Å². The Bertz CT molecular complexity index is 4170. The fraction of sp³-hybridized carbons (Fsp3) is 0. The number of furan rings is 1. The molecule has 298 valence electrons. The standard InChI is InChI=1S/C60H37N3O/c1-2-15-38(16-3-1)62-54-25-11-8-21-47(54)49-33-30-41(37-58(49)62)63-55-26-12-9-22-48(55)53-36-40(31-34-56(53)63)61(57-27-14-24-51-50-23-10-13-28-59(50)64-60(51)57)39-29-32-46-44-19-5-4-17-42(44)43-18-6-7-20-45(43)52(46)35-39/h1-37H. The van der Waals surface area contributed by atoms with Crippen LogP contribution >= 0.6 is 0 Å². The lowest BCUT2D eigenvalue weighted by molar-refractivity contribution is 0.669. The zero-order chi connectivity index (χ0) is 41.9. The maximum absolute atomic E-state index is 6.79. The summed E-state index contributed by atoms with van der Waals surface area (Å²) in [7, 11) is 0. The summed E-state index contributed by atoms with van der Waals surface area (Å²) in [6.07, 6.45) is 0. The van der Waals surface area contributed by atoms with Crippen LogP contribution in [-0.2, 0) is 0 Å². The molecule has 0 unspecified atom stereocenters. The van der Waals surface area contributed by atoms with Crippen LogP contribution in [-0.4, -0.2) is 9.13 Å². The van der Waals surface area contributed by atoms with Gasteiger partial charge < -0.3 is 18.5 Å². The van der Waals surface area contributed by atoms with Crippen LogP contribution in [0.1, 0.15) is 0 Å². The number of hydrogen-bond donors (Lipinski definition) is 0. The summed E-state index contributed by atoms with van der Waals surface area (Å²) in [6.45, 7) is 0. The minimum absolute atomic E-state index is 0.858. The largest absolute Gasteiger partial charge is 0.454 e. The first-order valence-electron chi connectivity index (χ1n) is 21.9. The fourth-order valence-corrected chi connectivity index (χ4v) is 10.7. The number of anilines is 3. The second kappa shape index (κ2) is 13.4. The highest BCUT2D eigenvalue weighted by atomic mass is 16.3. The molecular weight excluding hydrogens is 779 g/mol. The van der Waals surface area contributed by atoms with E-state index in [2.05, 4.69) is 232 Å². The molecule has 0 amide bonds. The van der Waals surface area contributed by atoms with Crippen molar-refractivity contribution in [2.75, 3.05) is 4.90 Å². The first kappa shape index (κ1) is 35.0. The Kier molecular flexibility index (Phi) is 7.36. The third-order valence-corrected chi connectivity index (χ3v) is 13.5. The molecule has 4 heteroatoms. The highest BCUT2D eigenvalue weighted by Gasteiger charge is 2.23. The Morgan fingerprint density at radius 2 is 0.766 bits per heavy atom. The SMILES string of the molecule is c1ccc(-n2c3ccccc3c3ccc(-n4c5ccccc5c5cc(N(c6ccc7c8ccccc8c8ccccc8c7c6)c6cccc7c6oc6ccccc67)ccc54)cc32)cc1. The van der Waals surface area contributed by atoms with Crippen LogP contribution in [0.5, 0.6) is 0 Å². The third-order valence-electron chi connectivity index (χ3n) is 13.5. The van der Waals surface area contributed by atoms with Gasteiger partial charge in [0.25, 0.3) is 0 Å². The summed E-state index contributed by atoms with van der Waals surface area (Å²) >= 11 is 0. The Hall–Kier alpha value is -8.60. The normalized spacial score (nSPS) is 12.1. The molecule has 0 radical (unpaired) electrons. The molecule has 64 heavy (non-hydrogen) atoms. The lowest BCUT2D eigenvalue weighted by atomic mass is 9.94. The second-order valence-corrected chi connectivity index (χ2v) is 16.9. The molecule has 14 rings (SSSR count). The minimum atomic E-state index is 0.858. The van der Waals surface area contributed by atoms with E-state index >= 15 is 0 Å². The van der Waals surface area contributed by atoms with Crippen LogP contribution < -0.4 is 4.90 Å². The van der Waals surface area contributed by atoms with Gasteiger partial charge in [0.1, 0.15) is 5.58 Å². The Balaban J connectivity index is 1.03. The zero-order valence-corrected chi connectivity index (χ0v) is 34.6. The monoisotopic (exact) mass is 815 g/mol. The maximum atomic E-state index is 6.79. The van der Waals surface area contributed by atoms with Gasteiger partial charge in [-0.05, 0) is 111 Å². The van der Waals surface area contributed by atoms with Crippen molar-refractivity contribution >= 4 is 115 Å². The summed E-state index contributed by atoms with van der Waals surface area (Å²) in [5.41, 5.74) is 11.8. The van der Waals surface area contributed by atoms with Crippen molar-refractivity contribution in [3.05, 3.63) is 224 Å². The van der Waals surface area contributed by atoms with Gasteiger partial charge in [-0.1, -0.05) is 146 Å². The molecule has 0 aliphatic carbocycles. The molecule has 11 aromatic carbocycles. The molecule has 0 saturated heterocycles. The third kappa shape index (κ3) is 4.99. The Morgan fingerprint density at radius 3 is 1.48 bits per heavy atom. The van der Waals surface area contributed by atoms with Crippen molar-refractivity contribution in [1.82, 2.24) is 9.13 Å². The molecule has 14 aromatic rings. The van der Waals surface area contributed by atoms with E-state index in [9.17, 15) is 0 Å². The van der Waals surface area contributed by atoms with Crippen molar-refractivity contribution < 1.29 is 4.42 Å². The van der Waals surface area contributed by atoms with Crippen LogP contribution in [0, 0.1) is 0 Å². The van der Waals surface area contributed by atoms with Gasteiger partial charge >= 0.3 is 0 Å². The number of hydrogen-bond acceptors (Lipinski definition) is 2. The van der Waals surface area contributed by atoms with Crippen LogP contribution in [0.25, 0.3) is 109 Å². The van der Waals surface area contributed by atoms with Gasteiger partial charge in [0.05, 0.1) is 27.8 Å². The molecule has 3 heterocycles. The predicted molar refractivity (Wildman–Crippen MR) is 270 cm³/mol. The number of benzene rings is 11. The molecule has 0 aliphatic rings. The van der Waals surface area contributed by atoms with E-state index in [1.54, 1.807) is 0 Å². The maximum Gasteiger partial charge on any atom is 0.159 e. The van der Waals surface area contributed by atoms with Crippen LogP contribution in [0.4, 0.5) is 17.1 Å². The predicted octanol–water partition coefficient (Wildman–Crippen LogP) is 16.7. The molecule has 0 fully saturated rings. The molecule has 4 nitrogen and oxygen atoms in total. The summed E-state index contributed by atoms with van der Waals surface area (Å²) in [6, 6.07) is 81.5. The van der Waals surface area contributed by atoms with Crippen molar-refractivity contribution in [2.45, 2.75) is 0 Å². The summed E-state index contributed by atoms with van der Waals surface area (Å²) < 4.78 is 11.6. The van der Waals surface area contributed by atoms with E-state index in [1.807, 2.05) is 6.07 Å². The minimum Gasteiger partial charge on any atom is -0.454 e. The number of para-hydroxylation sites is 5. The van der Waals surface area contributed by atoms with E-state index in [0.717, 1.165) is 61.4 Å². The number of nitrogens with zero attached hydrogens (tertiary/aromatic N) is 3. The van der Waals surface area contributed by atoms with Crippen molar-refractivity contribution in [3.8, 4) is 11.4 Å². The van der Waals surface area contributed by atoms with Gasteiger partial charge in [0.2, 0.25) is 0 Å². The highest BCUT2D eigenvalue weighted by molar-refractivity contribution is 6.26. The summed E-state index contributed by atoms with van der Waals surface area (Å²) in [5, 5.41) is 14.5. The topological polar surface area (TPSA) is 26.2 Å². The fourth-order valence-electron chi connectivity index (χ4n) is 10.7. The molecule has 0 saturated carbocycles. The average molecular weight is 816 g/mol. The van der Waals surface area contributed by atoms with Crippen LogP contribution in [0.3, 0.4) is 0 Å². The van der Waals surface area contributed by atoms with Crippen molar-refractivity contribution in [3.63, 3.8) is 0 Å². The summed E-state index contributed by atoms with van der Waals surface area (Å²) in [4.78, 5) is 2.39. The second-order valence-electron chi connectivity index (χ2n) is 16.9. The van der Waals surface area contributed by atoms with Gasteiger partial charge in [-0.15, -0.1) is 0 Å². The van der Waals surface area contributed by atoms with Gasteiger partial charge in [-0.2, -0.15) is 0 Å². The van der Waals surface area contributed by atoms with Gasteiger partial charge in [-0.25, -0.2) is 0 Å². The average Bonchev–Trinajstić information content (AvgIpc) is 4.02. The zero-order valence-electron chi connectivity index (χ0n) is 34.6. The Morgan fingerprint density at radius 1 is 0.281 bits per heavy atom. The van der Waals surface area contributed by atoms with Gasteiger partial charge in [0, 0.05) is 55.1 Å². The smallest absolute Gasteiger partial charge is 0.159 e. The number of aromatic nitrogens is 2. The quantitative estimate of drug-likeness (QED) is 0.162. The van der Waals surface area contributed by atoms with E-state index in [0.29, 0.717) is 0 Å².